The SMILES string of the molecule is COc1cc(C2C(C(=O)OCc3ccccc3)=C(C)Nc3nc(=S)[nH]c(N)c32)ccc1OCc1ccc(Cl)cc1. The molecule has 1 unspecified atom stereocenters. The largest absolute Gasteiger partial charge is 0.493 e. The Morgan fingerprint density at radius 2 is 1.75 bits per heavy atom. The lowest BCUT2D eigenvalue weighted by Gasteiger charge is -2.30. The number of hydrogen-bond donors (Lipinski definition) is 3. The van der Waals surface area contributed by atoms with E-state index < -0.39 is 11.9 Å². The monoisotopic (exact) mass is 574 g/mol. The lowest BCUT2D eigenvalue weighted by molar-refractivity contribution is -0.140. The second kappa shape index (κ2) is 11.8. The highest BCUT2D eigenvalue weighted by Crippen LogP contribution is 2.45. The summed E-state index contributed by atoms with van der Waals surface area (Å²) in [6, 6.07) is 22.4. The smallest absolute Gasteiger partial charge is 0.337 e. The molecular formula is C30H27ClN4O4S. The Balaban J connectivity index is 1.51. The van der Waals surface area contributed by atoms with Crippen molar-refractivity contribution < 1.29 is 19.0 Å². The van der Waals surface area contributed by atoms with Gasteiger partial charge in [-0.3, -0.25) is 0 Å². The van der Waals surface area contributed by atoms with Crippen LogP contribution in [0, 0.1) is 4.77 Å². The number of halogens is 1. The summed E-state index contributed by atoms with van der Waals surface area (Å²) in [5.41, 5.74) is 10.6. The number of nitrogens with one attached hydrogen (secondary N) is 2. The van der Waals surface area contributed by atoms with Crippen molar-refractivity contribution in [3.63, 3.8) is 0 Å². The minimum atomic E-state index is -0.613. The first kappa shape index (κ1) is 27.2. The lowest BCUT2D eigenvalue weighted by Crippen LogP contribution is -2.26. The summed E-state index contributed by atoms with van der Waals surface area (Å²) >= 11 is 11.2. The Morgan fingerprint density at radius 3 is 2.48 bits per heavy atom. The van der Waals surface area contributed by atoms with Crippen molar-refractivity contribution >= 4 is 41.4 Å². The summed E-state index contributed by atoms with van der Waals surface area (Å²) in [6.07, 6.45) is 0. The van der Waals surface area contributed by atoms with Crippen LogP contribution in [-0.4, -0.2) is 23.0 Å². The first-order valence-corrected chi connectivity index (χ1v) is 13.3. The van der Waals surface area contributed by atoms with E-state index in [-0.39, 0.29) is 11.4 Å². The summed E-state index contributed by atoms with van der Waals surface area (Å²) in [5, 5.41) is 3.84. The van der Waals surface area contributed by atoms with Crippen LogP contribution in [0.1, 0.15) is 35.1 Å². The molecule has 40 heavy (non-hydrogen) atoms. The van der Waals surface area contributed by atoms with Gasteiger partial charge in [0, 0.05) is 16.3 Å². The second-order valence-corrected chi connectivity index (χ2v) is 10.0. The van der Waals surface area contributed by atoms with Gasteiger partial charge in [0.25, 0.3) is 0 Å². The number of carbonyl (C=O) groups is 1. The van der Waals surface area contributed by atoms with Gasteiger partial charge in [0.05, 0.1) is 18.6 Å². The van der Waals surface area contributed by atoms with E-state index in [2.05, 4.69) is 15.3 Å². The van der Waals surface area contributed by atoms with Crippen LogP contribution < -0.4 is 20.5 Å². The van der Waals surface area contributed by atoms with Crippen LogP contribution in [0.2, 0.25) is 5.02 Å². The average molecular weight is 575 g/mol. The quantitative estimate of drug-likeness (QED) is 0.161. The number of anilines is 2. The number of H-pyrrole nitrogens is 1. The summed E-state index contributed by atoms with van der Waals surface area (Å²) in [6.45, 7) is 2.25. The van der Waals surface area contributed by atoms with Gasteiger partial charge < -0.3 is 30.2 Å². The molecule has 1 aromatic heterocycles. The topological polar surface area (TPSA) is 111 Å². The van der Waals surface area contributed by atoms with Gasteiger partial charge in [0.2, 0.25) is 0 Å². The number of methoxy groups -OCH3 is 1. The minimum Gasteiger partial charge on any atom is -0.493 e. The molecule has 4 aromatic rings. The molecule has 8 nitrogen and oxygen atoms in total. The van der Waals surface area contributed by atoms with E-state index in [1.807, 2.05) is 72.8 Å². The molecule has 2 heterocycles. The van der Waals surface area contributed by atoms with E-state index in [0.29, 0.717) is 51.6 Å². The highest BCUT2D eigenvalue weighted by atomic mass is 35.5. The third kappa shape index (κ3) is 5.80. The average Bonchev–Trinajstić information content (AvgIpc) is 2.95. The number of hydrogen-bond acceptors (Lipinski definition) is 8. The van der Waals surface area contributed by atoms with Crippen LogP contribution in [0.5, 0.6) is 11.5 Å². The molecule has 3 aromatic carbocycles. The molecule has 0 bridgehead atoms. The number of esters is 1. The van der Waals surface area contributed by atoms with E-state index in [0.717, 1.165) is 16.7 Å². The Hall–Kier alpha value is -4.34. The van der Waals surface area contributed by atoms with Gasteiger partial charge in [0.15, 0.2) is 16.3 Å². The standard InChI is InChI=1S/C30H27ClN4O4S/c1-17-24(29(36)39-16-18-6-4-3-5-7-18)25(26-27(32)34-30(40)35-28(26)33-17)20-10-13-22(23(14-20)37-2)38-15-19-8-11-21(31)12-9-19/h3-14,25H,15-16H2,1-2H3,(H4,32,33,34,35,40). The molecule has 0 aliphatic carbocycles. The van der Waals surface area contributed by atoms with Crippen LogP contribution in [-0.2, 0) is 22.7 Å². The molecule has 0 fully saturated rings. The molecule has 0 amide bonds. The molecule has 1 atom stereocenters. The molecule has 0 radical (unpaired) electrons. The molecule has 204 valence electrons. The molecular weight excluding hydrogens is 548 g/mol. The van der Waals surface area contributed by atoms with Gasteiger partial charge in [-0.15, -0.1) is 0 Å². The lowest BCUT2D eigenvalue weighted by atomic mass is 9.81. The molecule has 0 spiro atoms. The number of ether oxygens (including phenoxy) is 3. The Labute approximate surface area is 241 Å². The minimum absolute atomic E-state index is 0.127. The van der Waals surface area contributed by atoms with E-state index in [1.165, 1.54) is 0 Å². The fraction of sp³-hybridized carbons (Fsp3) is 0.167. The zero-order chi connectivity index (χ0) is 28.2. The molecule has 5 rings (SSSR count). The van der Waals surface area contributed by atoms with Crippen LogP contribution in [0.4, 0.5) is 11.6 Å². The Morgan fingerprint density at radius 1 is 1.02 bits per heavy atom. The third-order valence-corrected chi connectivity index (χ3v) is 6.99. The predicted octanol–water partition coefficient (Wildman–Crippen LogP) is 6.54. The number of carbonyl (C=O) groups excluding carboxylic acids is 1. The van der Waals surface area contributed by atoms with Crippen molar-refractivity contribution in [3.05, 3.63) is 116 Å². The number of benzene rings is 3. The first-order valence-electron chi connectivity index (χ1n) is 12.5. The highest BCUT2D eigenvalue weighted by Gasteiger charge is 2.36. The number of allylic oxidation sites excluding steroid dienone is 1. The first-order chi connectivity index (χ1) is 19.3. The van der Waals surface area contributed by atoms with E-state index in [1.54, 1.807) is 14.0 Å². The number of fused-ring (bicyclic) bond motifs is 1. The zero-order valence-electron chi connectivity index (χ0n) is 21.9. The maximum Gasteiger partial charge on any atom is 0.337 e. The summed E-state index contributed by atoms with van der Waals surface area (Å²) in [7, 11) is 1.56. The van der Waals surface area contributed by atoms with Crippen LogP contribution >= 0.6 is 23.8 Å². The number of aromatic nitrogens is 2. The van der Waals surface area contributed by atoms with Gasteiger partial charge in [-0.25, -0.2) is 9.78 Å². The van der Waals surface area contributed by atoms with Gasteiger partial charge in [-0.1, -0.05) is 60.1 Å². The van der Waals surface area contributed by atoms with Crippen molar-refractivity contribution in [2.75, 3.05) is 18.2 Å². The Bertz CT molecular complexity index is 1640. The Kier molecular flexibility index (Phi) is 8.04. The predicted molar refractivity (Wildman–Crippen MR) is 157 cm³/mol. The number of rotatable bonds is 8. The maximum absolute atomic E-state index is 13.6. The molecule has 0 saturated carbocycles. The maximum atomic E-state index is 13.6. The molecule has 0 saturated heterocycles. The normalized spacial score (nSPS) is 14.2. The molecule has 4 N–H and O–H groups in total. The molecule has 1 aliphatic heterocycles. The van der Waals surface area contributed by atoms with E-state index in [9.17, 15) is 4.79 Å². The van der Waals surface area contributed by atoms with Crippen LogP contribution in [0.25, 0.3) is 0 Å². The van der Waals surface area contributed by atoms with Crippen molar-refractivity contribution in [3.8, 4) is 11.5 Å². The van der Waals surface area contributed by atoms with Crippen LogP contribution in [0.15, 0.2) is 84.1 Å². The van der Waals surface area contributed by atoms with Crippen LogP contribution in [0.3, 0.4) is 0 Å². The highest BCUT2D eigenvalue weighted by molar-refractivity contribution is 7.71. The summed E-state index contributed by atoms with van der Waals surface area (Å²) in [5.74, 6) is 0.728. The van der Waals surface area contributed by atoms with E-state index in [4.69, 9.17) is 43.8 Å². The number of aromatic amines is 1. The van der Waals surface area contributed by atoms with Gasteiger partial charge in [-0.2, -0.15) is 0 Å². The second-order valence-electron chi connectivity index (χ2n) is 9.20. The number of nitrogens with zero attached hydrogens (tertiary/aromatic N) is 1. The number of nitrogen functional groups attached to an aromatic ring is 1. The van der Waals surface area contributed by atoms with Gasteiger partial charge >= 0.3 is 5.97 Å². The third-order valence-electron chi connectivity index (χ3n) is 6.55. The van der Waals surface area contributed by atoms with E-state index >= 15 is 0 Å². The molecule has 1 aliphatic rings. The van der Waals surface area contributed by atoms with Crippen molar-refractivity contribution in [2.24, 2.45) is 0 Å². The van der Waals surface area contributed by atoms with Gasteiger partial charge in [0.1, 0.15) is 24.8 Å². The fourth-order valence-corrected chi connectivity index (χ4v) is 4.95. The fourth-order valence-electron chi connectivity index (χ4n) is 4.62. The van der Waals surface area contributed by atoms with Crippen molar-refractivity contribution in [2.45, 2.75) is 26.1 Å². The van der Waals surface area contributed by atoms with Crippen molar-refractivity contribution in [1.82, 2.24) is 9.97 Å². The van der Waals surface area contributed by atoms with Gasteiger partial charge in [-0.05, 0) is 60.1 Å². The zero-order valence-corrected chi connectivity index (χ0v) is 23.4. The number of nitrogens with two attached hydrogens (primary N) is 1. The summed E-state index contributed by atoms with van der Waals surface area (Å²) in [4.78, 5) is 20.9. The summed E-state index contributed by atoms with van der Waals surface area (Å²) < 4.78 is 17.7. The van der Waals surface area contributed by atoms with Crippen molar-refractivity contribution in [1.29, 1.82) is 0 Å². The molecule has 10 heteroatoms.